The lowest BCUT2D eigenvalue weighted by Crippen LogP contribution is -2.53. The van der Waals surface area contributed by atoms with Crippen LogP contribution >= 0.6 is 0 Å². The molecule has 0 spiro atoms. The summed E-state index contributed by atoms with van der Waals surface area (Å²) in [5.41, 5.74) is 2.52. The minimum atomic E-state index is -0.426. The van der Waals surface area contributed by atoms with Gasteiger partial charge in [-0.1, -0.05) is 19.1 Å². The van der Waals surface area contributed by atoms with Gasteiger partial charge in [0, 0.05) is 43.2 Å². The fourth-order valence-corrected chi connectivity index (χ4v) is 4.40. The van der Waals surface area contributed by atoms with Crippen LogP contribution in [0.15, 0.2) is 30.5 Å². The highest BCUT2D eigenvalue weighted by molar-refractivity contribution is 5.87. The van der Waals surface area contributed by atoms with E-state index in [-0.39, 0.29) is 17.9 Å². The summed E-state index contributed by atoms with van der Waals surface area (Å²) in [4.78, 5) is 16.9. The number of piperidine rings is 1. The summed E-state index contributed by atoms with van der Waals surface area (Å²) in [6.07, 6.45) is 2.32. The minimum absolute atomic E-state index is 0.0669. The van der Waals surface area contributed by atoms with Crippen LogP contribution in [0.2, 0.25) is 0 Å². The number of hydrogen-bond donors (Lipinski definition) is 3. The number of amides is 1. The molecular formula is C22H27N5O2. The lowest BCUT2D eigenvalue weighted by Gasteiger charge is -2.37. The van der Waals surface area contributed by atoms with E-state index in [9.17, 15) is 10.1 Å². The largest absolute Gasteiger partial charge is 0.366 e. The average molecular weight is 393 g/mol. The molecule has 3 heterocycles. The zero-order chi connectivity index (χ0) is 20.2. The van der Waals surface area contributed by atoms with Crippen LogP contribution in [0.4, 0.5) is 0 Å². The summed E-state index contributed by atoms with van der Waals surface area (Å²) >= 11 is 0. The van der Waals surface area contributed by atoms with Crippen molar-refractivity contribution < 1.29 is 9.53 Å². The molecule has 1 unspecified atom stereocenters. The quantitative estimate of drug-likeness (QED) is 0.724. The Morgan fingerprint density at radius 1 is 1.38 bits per heavy atom. The molecule has 0 saturated carbocycles. The lowest BCUT2D eigenvalue weighted by molar-refractivity contribution is -0.134. The van der Waals surface area contributed by atoms with Crippen LogP contribution in [0.3, 0.4) is 0 Å². The van der Waals surface area contributed by atoms with Gasteiger partial charge in [-0.15, -0.1) is 0 Å². The Bertz CT molecular complexity index is 919. The summed E-state index contributed by atoms with van der Waals surface area (Å²) in [6.45, 7) is 5.59. The van der Waals surface area contributed by atoms with Crippen molar-refractivity contribution in [1.82, 2.24) is 20.9 Å². The minimum Gasteiger partial charge on any atom is -0.366 e. The van der Waals surface area contributed by atoms with E-state index in [0.717, 1.165) is 30.4 Å². The monoisotopic (exact) mass is 393 g/mol. The zero-order valence-electron chi connectivity index (χ0n) is 16.6. The highest BCUT2D eigenvalue weighted by Gasteiger charge is 2.32. The Kier molecular flexibility index (Phi) is 6.05. The van der Waals surface area contributed by atoms with Gasteiger partial charge < -0.3 is 20.7 Å². The SMILES string of the molecule is C[C@H]1CN[C@H](CNC(=O)C2CNCCO2)[C@@H](c2ccc(C#N)c3ncccc23)C1. The van der Waals surface area contributed by atoms with Crippen molar-refractivity contribution in [3.05, 3.63) is 41.6 Å². The maximum absolute atomic E-state index is 12.5. The first-order valence-electron chi connectivity index (χ1n) is 10.3. The van der Waals surface area contributed by atoms with Crippen molar-refractivity contribution in [2.75, 3.05) is 32.8 Å². The van der Waals surface area contributed by atoms with Crippen molar-refractivity contribution >= 4 is 16.8 Å². The molecule has 7 nitrogen and oxygen atoms in total. The Balaban J connectivity index is 1.56. The van der Waals surface area contributed by atoms with Gasteiger partial charge in [0.05, 0.1) is 17.7 Å². The molecule has 4 rings (SSSR count). The van der Waals surface area contributed by atoms with E-state index in [1.54, 1.807) is 6.20 Å². The number of carbonyl (C=O) groups excluding carboxylic acids is 1. The molecule has 1 aromatic heterocycles. The summed E-state index contributed by atoms with van der Waals surface area (Å²) in [7, 11) is 0. The number of carbonyl (C=O) groups is 1. The molecule has 2 aliphatic rings. The molecule has 4 atom stereocenters. The molecule has 2 aliphatic heterocycles. The predicted molar refractivity (Wildman–Crippen MR) is 110 cm³/mol. The molecule has 7 heteroatoms. The summed E-state index contributed by atoms with van der Waals surface area (Å²) in [6, 6.07) is 10.2. The smallest absolute Gasteiger partial charge is 0.250 e. The Morgan fingerprint density at radius 3 is 3.07 bits per heavy atom. The standard InChI is InChI=1S/C22H27N5O2/c1-14-9-18(16-5-4-15(10-23)21-17(16)3-2-6-25-21)19(26-11-14)12-27-22(28)20-13-24-7-8-29-20/h2-6,14,18-20,24,26H,7-9,11-13H2,1H3,(H,27,28)/t14-,18-,19-,20?/m1/s1. The topological polar surface area (TPSA) is 99.1 Å². The number of fused-ring (bicyclic) bond motifs is 1. The van der Waals surface area contributed by atoms with Gasteiger partial charge in [-0.25, -0.2) is 0 Å². The molecule has 0 aliphatic carbocycles. The number of benzene rings is 1. The first kappa shape index (κ1) is 19.8. The molecular weight excluding hydrogens is 366 g/mol. The number of nitriles is 1. The third-order valence-electron chi connectivity index (χ3n) is 5.91. The van der Waals surface area contributed by atoms with Crippen molar-refractivity contribution in [2.45, 2.75) is 31.4 Å². The zero-order valence-corrected chi connectivity index (χ0v) is 16.6. The van der Waals surface area contributed by atoms with Crippen LogP contribution in [-0.4, -0.2) is 55.8 Å². The Labute approximate surface area is 170 Å². The van der Waals surface area contributed by atoms with Crippen molar-refractivity contribution in [3.8, 4) is 6.07 Å². The van der Waals surface area contributed by atoms with Crippen LogP contribution in [0.5, 0.6) is 0 Å². The van der Waals surface area contributed by atoms with Gasteiger partial charge in [-0.2, -0.15) is 5.26 Å². The molecule has 29 heavy (non-hydrogen) atoms. The number of ether oxygens (including phenoxy) is 1. The second-order valence-electron chi connectivity index (χ2n) is 7.98. The fourth-order valence-electron chi connectivity index (χ4n) is 4.40. The van der Waals surface area contributed by atoms with Gasteiger partial charge in [-0.3, -0.25) is 9.78 Å². The van der Waals surface area contributed by atoms with Gasteiger partial charge >= 0.3 is 0 Å². The van der Waals surface area contributed by atoms with Crippen molar-refractivity contribution in [3.63, 3.8) is 0 Å². The van der Waals surface area contributed by atoms with E-state index in [2.05, 4.69) is 40.0 Å². The van der Waals surface area contributed by atoms with Gasteiger partial charge in [0.1, 0.15) is 12.2 Å². The molecule has 2 fully saturated rings. The second kappa shape index (κ2) is 8.87. The van der Waals surface area contributed by atoms with Crippen molar-refractivity contribution in [2.24, 2.45) is 5.92 Å². The number of aromatic nitrogens is 1. The Morgan fingerprint density at radius 2 is 2.28 bits per heavy atom. The second-order valence-corrected chi connectivity index (χ2v) is 7.98. The van der Waals surface area contributed by atoms with Crippen LogP contribution < -0.4 is 16.0 Å². The van der Waals surface area contributed by atoms with Crippen LogP contribution in [-0.2, 0) is 9.53 Å². The molecule has 1 aromatic carbocycles. The number of hydrogen-bond acceptors (Lipinski definition) is 6. The molecule has 0 radical (unpaired) electrons. The van der Waals surface area contributed by atoms with Crippen molar-refractivity contribution in [1.29, 1.82) is 5.26 Å². The van der Waals surface area contributed by atoms with E-state index >= 15 is 0 Å². The summed E-state index contributed by atoms with van der Waals surface area (Å²) < 4.78 is 5.56. The molecule has 2 aromatic rings. The van der Waals surface area contributed by atoms with Crippen LogP contribution in [0.25, 0.3) is 10.9 Å². The average Bonchev–Trinajstić information content (AvgIpc) is 2.78. The number of nitrogens with zero attached hydrogens (tertiary/aromatic N) is 2. The summed E-state index contributed by atoms with van der Waals surface area (Å²) in [5.74, 6) is 0.687. The van der Waals surface area contributed by atoms with Gasteiger partial charge in [0.25, 0.3) is 5.91 Å². The lowest BCUT2D eigenvalue weighted by atomic mass is 9.79. The number of nitrogens with one attached hydrogen (secondary N) is 3. The Hall–Kier alpha value is -2.53. The molecule has 3 N–H and O–H groups in total. The number of morpholine rings is 1. The highest BCUT2D eigenvalue weighted by atomic mass is 16.5. The number of rotatable bonds is 4. The van der Waals surface area contributed by atoms with Crippen LogP contribution in [0.1, 0.15) is 30.4 Å². The first-order valence-corrected chi connectivity index (χ1v) is 10.3. The molecule has 152 valence electrons. The third kappa shape index (κ3) is 4.25. The summed E-state index contributed by atoms with van der Waals surface area (Å²) in [5, 5.41) is 20.3. The van der Waals surface area contributed by atoms with E-state index < -0.39 is 6.10 Å². The predicted octanol–water partition coefficient (Wildman–Crippen LogP) is 1.29. The maximum Gasteiger partial charge on any atom is 0.250 e. The molecule has 2 saturated heterocycles. The maximum atomic E-state index is 12.5. The first-order chi connectivity index (χ1) is 14.2. The third-order valence-corrected chi connectivity index (χ3v) is 5.91. The molecule has 1 amide bonds. The number of pyridine rings is 1. The normalized spacial score (nSPS) is 27.3. The van der Waals surface area contributed by atoms with Gasteiger partial charge in [0.15, 0.2) is 0 Å². The van der Waals surface area contributed by atoms with E-state index in [1.807, 2.05) is 18.2 Å². The fraction of sp³-hybridized carbons (Fsp3) is 0.500. The van der Waals surface area contributed by atoms with Gasteiger partial charge in [0.2, 0.25) is 0 Å². The molecule has 0 bridgehead atoms. The van der Waals surface area contributed by atoms with E-state index in [4.69, 9.17) is 4.74 Å². The van der Waals surface area contributed by atoms with Gasteiger partial charge in [-0.05, 0) is 36.6 Å². The van der Waals surface area contributed by atoms with E-state index in [1.165, 1.54) is 5.56 Å². The van der Waals surface area contributed by atoms with Crippen LogP contribution in [0, 0.1) is 17.2 Å². The van der Waals surface area contributed by atoms with E-state index in [0.29, 0.717) is 31.2 Å². The highest BCUT2D eigenvalue weighted by Crippen LogP contribution is 2.35.